The Hall–Kier alpha value is -1.30. The minimum Gasteiger partial charge on any atom is -0.481 e. The molecule has 22 heavy (non-hydrogen) atoms. The van der Waals surface area contributed by atoms with Crippen molar-refractivity contribution in [2.24, 2.45) is 5.92 Å². The van der Waals surface area contributed by atoms with Gasteiger partial charge in [-0.15, -0.1) is 5.10 Å². The Morgan fingerprint density at radius 3 is 2.91 bits per heavy atom. The Kier molecular flexibility index (Phi) is 8.89. The van der Waals surface area contributed by atoms with Gasteiger partial charge in [0.05, 0.1) is 12.1 Å². The van der Waals surface area contributed by atoms with Gasteiger partial charge in [0.2, 0.25) is 0 Å². The number of carbonyl (C=O) groups is 1. The SMILES string of the molecule is C/C(=C\CSCCC(=O)O)CCn1cc(CCC(C)C)nn1. The van der Waals surface area contributed by atoms with Crippen LogP contribution in [0.15, 0.2) is 17.8 Å². The zero-order valence-electron chi connectivity index (χ0n) is 13.8. The highest BCUT2D eigenvalue weighted by Gasteiger charge is 2.03. The quantitative estimate of drug-likeness (QED) is 0.499. The summed E-state index contributed by atoms with van der Waals surface area (Å²) in [4.78, 5) is 10.4. The summed E-state index contributed by atoms with van der Waals surface area (Å²) in [5.41, 5.74) is 2.38. The molecule has 0 aromatic carbocycles. The summed E-state index contributed by atoms with van der Waals surface area (Å²) in [6.07, 6.45) is 7.53. The van der Waals surface area contributed by atoms with Crippen molar-refractivity contribution in [3.05, 3.63) is 23.5 Å². The van der Waals surface area contributed by atoms with E-state index in [-0.39, 0.29) is 6.42 Å². The summed E-state index contributed by atoms with van der Waals surface area (Å²) in [5, 5.41) is 16.9. The Bertz CT molecular complexity index is 483. The molecule has 5 nitrogen and oxygen atoms in total. The van der Waals surface area contributed by atoms with Crippen LogP contribution in [0.4, 0.5) is 0 Å². The van der Waals surface area contributed by atoms with Gasteiger partial charge in [0.15, 0.2) is 0 Å². The molecule has 1 N–H and O–H groups in total. The summed E-state index contributed by atoms with van der Waals surface area (Å²) < 4.78 is 1.91. The van der Waals surface area contributed by atoms with Gasteiger partial charge in [-0.05, 0) is 32.1 Å². The molecule has 1 heterocycles. The molecule has 0 unspecified atom stereocenters. The van der Waals surface area contributed by atoms with E-state index < -0.39 is 5.97 Å². The number of aryl methyl sites for hydroxylation is 2. The highest BCUT2D eigenvalue weighted by Crippen LogP contribution is 2.09. The molecule has 0 aliphatic carbocycles. The van der Waals surface area contributed by atoms with Crippen LogP contribution in [0.25, 0.3) is 0 Å². The molecule has 0 saturated heterocycles. The van der Waals surface area contributed by atoms with Gasteiger partial charge in [-0.25, -0.2) is 0 Å². The van der Waals surface area contributed by atoms with E-state index in [1.165, 1.54) is 5.57 Å². The van der Waals surface area contributed by atoms with E-state index in [1.54, 1.807) is 11.8 Å². The topological polar surface area (TPSA) is 68.0 Å². The molecule has 1 aromatic rings. The van der Waals surface area contributed by atoms with Crippen LogP contribution >= 0.6 is 11.8 Å². The third-order valence-electron chi connectivity index (χ3n) is 3.31. The van der Waals surface area contributed by atoms with Crippen LogP contribution < -0.4 is 0 Å². The number of carboxylic acid groups (broad SMARTS) is 1. The lowest BCUT2D eigenvalue weighted by atomic mass is 10.1. The van der Waals surface area contributed by atoms with Crippen LogP contribution in [0.5, 0.6) is 0 Å². The number of carboxylic acids is 1. The first-order valence-electron chi connectivity index (χ1n) is 7.81. The highest BCUT2D eigenvalue weighted by molar-refractivity contribution is 7.99. The van der Waals surface area contributed by atoms with Gasteiger partial charge in [-0.3, -0.25) is 9.48 Å². The number of aliphatic carboxylic acids is 1. The van der Waals surface area contributed by atoms with Crippen molar-refractivity contribution in [3.8, 4) is 0 Å². The van der Waals surface area contributed by atoms with Crippen molar-refractivity contribution in [1.82, 2.24) is 15.0 Å². The molecule has 0 atom stereocenters. The Labute approximate surface area is 137 Å². The van der Waals surface area contributed by atoms with Crippen molar-refractivity contribution < 1.29 is 9.90 Å². The fourth-order valence-corrected chi connectivity index (χ4v) is 2.72. The normalized spacial score (nSPS) is 12.1. The molecule has 0 aliphatic heterocycles. The summed E-state index contributed by atoms with van der Waals surface area (Å²) in [5.74, 6) is 1.50. The van der Waals surface area contributed by atoms with Crippen molar-refractivity contribution in [2.75, 3.05) is 11.5 Å². The number of allylic oxidation sites excluding steroid dienone is 1. The number of hydrogen-bond acceptors (Lipinski definition) is 4. The molecule has 6 heteroatoms. The second-order valence-electron chi connectivity index (χ2n) is 5.92. The largest absolute Gasteiger partial charge is 0.481 e. The van der Waals surface area contributed by atoms with Gasteiger partial charge in [0.25, 0.3) is 0 Å². The van der Waals surface area contributed by atoms with Crippen LogP contribution in [0.2, 0.25) is 0 Å². The fraction of sp³-hybridized carbons (Fsp3) is 0.688. The second-order valence-corrected chi connectivity index (χ2v) is 7.07. The predicted octanol–water partition coefficient (Wildman–Crippen LogP) is 3.41. The van der Waals surface area contributed by atoms with Gasteiger partial charge >= 0.3 is 5.97 Å². The third-order valence-corrected chi connectivity index (χ3v) is 4.20. The second kappa shape index (κ2) is 10.4. The van der Waals surface area contributed by atoms with Crippen molar-refractivity contribution in [1.29, 1.82) is 0 Å². The van der Waals surface area contributed by atoms with Gasteiger partial charge < -0.3 is 5.11 Å². The third kappa shape index (κ3) is 8.87. The van der Waals surface area contributed by atoms with Crippen molar-refractivity contribution in [2.45, 2.75) is 53.0 Å². The monoisotopic (exact) mass is 325 g/mol. The van der Waals surface area contributed by atoms with Crippen molar-refractivity contribution in [3.63, 3.8) is 0 Å². The van der Waals surface area contributed by atoms with Gasteiger partial charge in [0.1, 0.15) is 0 Å². The van der Waals surface area contributed by atoms with E-state index in [2.05, 4.69) is 37.2 Å². The lowest BCUT2D eigenvalue weighted by Gasteiger charge is -2.02. The molecule has 0 saturated carbocycles. The molecule has 0 radical (unpaired) electrons. The lowest BCUT2D eigenvalue weighted by molar-refractivity contribution is -0.136. The number of thioether (sulfide) groups is 1. The van der Waals surface area contributed by atoms with E-state index in [0.717, 1.165) is 37.3 Å². The average molecular weight is 325 g/mol. The number of nitrogens with zero attached hydrogens (tertiary/aromatic N) is 3. The molecule has 0 amide bonds. The standard InChI is InChI=1S/C16H27N3O2S/c1-13(2)4-5-15-12-19(18-17-15)9-6-14(3)7-10-22-11-8-16(20)21/h7,12-13H,4-6,8-11H2,1-3H3,(H,20,21)/b14-7+. The molecule has 0 spiro atoms. The van der Waals surface area contributed by atoms with Crippen molar-refractivity contribution >= 4 is 17.7 Å². The van der Waals surface area contributed by atoms with Gasteiger partial charge in [0, 0.05) is 24.2 Å². The Balaban J connectivity index is 2.22. The van der Waals surface area contributed by atoms with Crippen LogP contribution in [0.1, 0.15) is 45.7 Å². The predicted molar refractivity (Wildman–Crippen MR) is 91.1 cm³/mol. The maximum atomic E-state index is 10.4. The van der Waals surface area contributed by atoms with Crippen LogP contribution in [0.3, 0.4) is 0 Å². The Morgan fingerprint density at radius 2 is 2.23 bits per heavy atom. The molecule has 0 bridgehead atoms. The van der Waals surface area contributed by atoms with Gasteiger partial charge in [-0.1, -0.05) is 30.7 Å². The first kappa shape index (κ1) is 18.7. The maximum Gasteiger partial charge on any atom is 0.304 e. The van der Waals surface area contributed by atoms with E-state index >= 15 is 0 Å². The van der Waals surface area contributed by atoms with E-state index in [0.29, 0.717) is 11.7 Å². The first-order valence-corrected chi connectivity index (χ1v) is 8.97. The number of hydrogen-bond donors (Lipinski definition) is 1. The first-order chi connectivity index (χ1) is 10.5. The fourth-order valence-electron chi connectivity index (χ4n) is 1.84. The maximum absolute atomic E-state index is 10.4. The molecule has 124 valence electrons. The minimum absolute atomic E-state index is 0.232. The summed E-state index contributed by atoms with van der Waals surface area (Å²) >= 11 is 1.65. The molecule has 1 aromatic heterocycles. The number of rotatable bonds is 11. The van der Waals surface area contributed by atoms with E-state index in [4.69, 9.17) is 5.11 Å². The van der Waals surface area contributed by atoms with E-state index in [1.807, 2.05) is 10.9 Å². The molecule has 0 fully saturated rings. The lowest BCUT2D eigenvalue weighted by Crippen LogP contribution is -1.99. The summed E-state index contributed by atoms with van der Waals surface area (Å²) in [6.45, 7) is 7.38. The zero-order chi connectivity index (χ0) is 16.4. The molecule has 1 rings (SSSR count). The summed E-state index contributed by atoms with van der Waals surface area (Å²) in [6, 6.07) is 0. The average Bonchev–Trinajstić information content (AvgIpc) is 2.90. The van der Waals surface area contributed by atoms with Crippen LogP contribution in [-0.2, 0) is 17.8 Å². The Morgan fingerprint density at radius 1 is 1.45 bits per heavy atom. The minimum atomic E-state index is -0.729. The molecular formula is C16H27N3O2S. The highest BCUT2D eigenvalue weighted by atomic mass is 32.2. The molecular weight excluding hydrogens is 298 g/mol. The van der Waals surface area contributed by atoms with E-state index in [9.17, 15) is 4.79 Å². The summed E-state index contributed by atoms with van der Waals surface area (Å²) in [7, 11) is 0. The van der Waals surface area contributed by atoms with Crippen LogP contribution in [0, 0.1) is 5.92 Å². The zero-order valence-corrected chi connectivity index (χ0v) is 14.6. The smallest absolute Gasteiger partial charge is 0.304 e. The molecule has 0 aliphatic rings. The van der Waals surface area contributed by atoms with Crippen LogP contribution in [-0.4, -0.2) is 37.6 Å². The van der Waals surface area contributed by atoms with Gasteiger partial charge in [-0.2, -0.15) is 11.8 Å². The number of aromatic nitrogens is 3.